The number of halogens is 3. The van der Waals surface area contributed by atoms with Gasteiger partial charge in [-0.2, -0.15) is 0 Å². The van der Waals surface area contributed by atoms with Gasteiger partial charge in [-0.15, -0.1) is 0 Å². The summed E-state index contributed by atoms with van der Waals surface area (Å²) >= 11 is 0. The summed E-state index contributed by atoms with van der Waals surface area (Å²) in [7, 11) is 1.44. The van der Waals surface area contributed by atoms with Crippen LogP contribution in [0.4, 0.5) is 18.0 Å². The monoisotopic (exact) mass is 524 g/mol. The van der Waals surface area contributed by atoms with E-state index in [0.29, 0.717) is 35.2 Å². The Morgan fingerprint density at radius 1 is 1.00 bits per heavy atom. The Kier molecular flexibility index (Phi) is 6.05. The Hall–Kier alpha value is -4.47. The highest BCUT2D eigenvalue weighted by Gasteiger charge is 2.48. The van der Waals surface area contributed by atoms with Crippen molar-refractivity contribution in [3.05, 3.63) is 83.3 Å². The summed E-state index contributed by atoms with van der Waals surface area (Å²) in [5.74, 6) is -4.78. The molecule has 0 aliphatic heterocycles. The van der Waals surface area contributed by atoms with E-state index in [1.807, 2.05) is 6.92 Å². The summed E-state index contributed by atoms with van der Waals surface area (Å²) < 4.78 is 50.0. The number of nitrogens with one attached hydrogen (secondary N) is 1. The number of alkyl carbamates (subject to hydrolysis) is 1. The van der Waals surface area contributed by atoms with Crippen molar-refractivity contribution in [1.29, 1.82) is 0 Å². The molecule has 7 nitrogen and oxygen atoms in total. The lowest BCUT2D eigenvalue weighted by molar-refractivity contribution is 0.00485. The summed E-state index contributed by atoms with van der Waals surface area (Å²) in [6.07, 6.45) is -0.334. The molecule has 4 aromatic rings. The van der Waals surface area contributed by atoms with E-state index in [9.17, 15) is 33.0 Å². The first-order valence-electron chi connectivity index (χ1n) is 11.8. The Morgan fingerprint density at radius 2 is 1.66 bits per heavy atom. The van der Waals surface area contributed by atoms with Crippen molar-refractivity contribution in [1.82, 2.24) is 9.88 Å². The number of amides is 1. The highest BCUT2D eigenvalue weighted by atomic mass is 19.2. The molecule has 1 heterocycles. The predicted molar refractivity (Wildman–Crippen MR) is 133 cm³/mol. The lowest BCUT2D eigenvalue weighted by atomic mass is 9.64. The van der Waals surface area contributed by atoms with Gasteiger partial charge in [0.25, 0.3) is 0 Å². The quantitative estimate of drug-likeness (QED) is 0.302. The fourth-order valence-corrected chi connectivity index (χ4v) is 5.30. The highest BCUT2D eigenvalue weighted by molar-refractivity contribution is 6.04. The van der Waals surface area contributed by atoms with Crippen molar-refractivity contribution in [3.63, 3.8) is 0 Å². The first-order chi connectivity index (χ1) is 18.0. The molecule has 3 N–H and O–H groups in total. The standard InChI is InChI=1S/C28H23F3N2O5/c1-28(12-17(13-28)38-27(37)32-2)25-22(14-3-5-15(6-4-14)26(35)36)23-21(10-9-19(30)24(23)34)33(25)16-7-8-18(29)20(31)11-16/h3-11,17,34H,12-13H2,1-2H3,(H,32,37)(H,35,36). The van der Waals surface area contributed by atoms with Gasteiger partial charge >= 0.3 is 12.1 Å². The number of aromatic carboxylic acids is 1. The van der Waals surface area contributed by atoms with Crippen molar-refractivity contribution in [3.8, 4) is 22.6 Å². The van der Waals surface area contributed by atoms with Gasteiger partial charge in [-0.25, -0.2) is 22.8 Å². The normalized spacial score (nSPS) is 18.7. The number of carbonyl (C=O) groups excluding carboxylic acids is 1. The summed E-state index contributed by atoms with van der Waals surface area (Å²) in [6, 6.07) is 11.7. The lowest BCUT2D eigenvalue weighted by Gasteiger charge is -2.45. The van der Waals surface area contributed by atoms with E-state index >= 15 is 0 Å². The van der Waals surface area contributed by atoms with Crippen molar-refractivity contribution >= 4 is 23.0 Å². The van der Waals surface area contributed by atoms with Crippen LogP contribution in [0, 0.1) is 17.5 Å². The van der Waals surface area contributed by atoms with Crippen LogP contribution in [-0.2, 0) is 10.2 Å². The van der Waals surface area contributed by atoms with E-state index in [4.69, 9.17) is 4.74 Å². The fourth-order valence-electron chi connectivity index (χ4n) is 5.30. The molecule has 0 unspecified atom stereocenters. The van der Waals surface area contributed by atoms with Gasteiger partial charge in [0.15, 0.2) is 23.2 Å². The van der Waals surface area contributed by atoms with Gasteiger partial charge in [0.2, 0.25) is 0 Å². The molecule has 1 amide bonds. The Bertz CT molecular complexity index is 1590. The SMILES string of the molecule is CNC(=O)OC1CC(C)(c2c(-c3ccc(C(=O)O)cc3)c3c(O)c(F)ccc3n2-c2ccc(F)c(F)c2)C1. The average molecular weight is 524 g/mol. The molecule has 196 valence electrons. The molecule has 1 fully saturated rings. The maximum atomic E-state index is 14.7. The van der Waals surface area contributed by atoms with Gasteiger partial charge in [-0.05, 0) is 54.8 Å². The second kappa shape index (κ2) is 9.13. The number of aromatic hydroxyl groups is 1. The average Bonchev–Trinajstić information content (AvgIpc) is 3.23. The second-order valence-corrected chi connectivity index (χ2v) is 9.58. The number of ether oxygens (including phenoxy) is 1. The first-order valence-corrected chi connectivity index (χ1v) is 11.8. The minimum Gasteiger partial charge on any atom is -0.504 e. The van der Waals surface area contributed by atoms with Crippen LogP contribution in [0.5, 0.6) is 5.75 Å². The van der Waals surface area contributed by atoms with Gasteiger partial charge in [0, 0.05) is 35.5 Å². The fraction of sp³-hybridized carbons (Fsp3) is 0.214. The van der Waals surface area contributed by atoms with Crippen LogP contribution in [0.25, 0.3) is 27.7 Å². The number of phenolic OH excluding ortho intramolecular Hbond substituents is 1. The number of carbonyl (C=O) groups is 2. The molecule has 38 heavy (non-hydrogen) atoms. The third-order valence-corrected chi connectivity index (χ3v) is 7.05. The van der Waals surface area contributed by atoms with Crippen molar-refractivity contribution in [2.24, 2.45) is 0 Å². The van der Waals surface area contributed by atoms with Crippen LogP contribution in [0.15, 0.2) is 54.6 Å². The molecule has 0 atom stereocenters. The molecule has 0 radical (unpaired) electrons. The smallest absolute Gasteiger partial charge is 0.407 e. The number of hydrogen-bond donors (Lipinski definition) is 3. The number of hydrogen-bond acceptors (Lipinski definition) is 4. The molecule has 3 aromatic carbocycles. The van der Waals surface area contributed by atoms with E-state index in [0.717, 1.165) is 18.2 Å². The molecular formula is C28H23F3N2O5. The van der Waals surface area contributed by atoms with Gasteiger partial charge in [-0.1, -0.05) is 19.1 Å². The van der Waals surface area contributed by atoms with E-state index in [1.165, 1.54) is 31.3 Å². The first kappa shape index (κ1) is 25.2. The molecule has 1 saturated carbocycles. The van der Waals surface area contributed by atoms with Crippen LogP contribution < -0.4 is 5.32 Å². The molecule has 1 aliphatic carbocycles. The predicted octanol–water partition coefficient (Wildman–Crippen LogP) is 5.89. The largest absolute Gasteiger partial charge is 0.504 e. The van der Waals surface area contributed by atoms with Crippen LogP contribution >= 0.6 is 0 Å². The number of rotatable bonds is 5. The van der Waals surface area contributed by atoms with E-state index in [-0.39, 0.29) is 16.6 Å². The third kappa shape index (κ3) is 4.02. The zero-order chi connectivity index (χ0) is 27.4. The summed E-state index contributed by atoms with van der Waals surface area (Å²) in [4.78, 5) is 23.2. The zero-order valence-electron chi connectivity index (χ0n) is 20.4. The summed E-state index contributed by atoms with van der Waals surface area (Å²) in [5, 5.41) is 22.8. The number of carboxylic acids is 1. The number of fused-ring (bicyclic) bond motifs is 1. The maximum Gasteiger partial charge on any atom is 0.407 e. The highest BCUT2D eigenvalue weighted by Crippen LogP contribution is 2.53. The van der Waals surface area contributed by atoms with Crippen molar-refractivity contribution in [2.45, 2.75) is 31.3 Å². The third-order valence-electron chi connectivity index (χ3n) is 7.05. The molecule has 10 heteroatoms. The van der Waals surface area contributed by atoms with Crippen LogP contribution in [0.2, 0.25) is 0 Å². The summed E-state index contributed by atoms with van der Waals surface area (Å²) in [5.41, 5.74) is 1.31. The molecule has 0 saturated heterocycles. The number of benzene rings is 3. The van der Waals surface area contributed by atoms with Gasteiger partial charge in [0.05, 0.1) is 16.5 Å². The molecule has 1 aliphatic rings. The topological polar surface area (TPSA) is 101 Å². The van der Waals surface area contributed by atoms with Crippen LogP contribution in [0.3, 0.4) is 0 Å². The Balaban J connectivity index is 1.82. The molecule has 5 rings (SSSR count). The minimum absolute atomic E-state index is 0.0314. The molecule has 0 spiro atoms. The van der Waals surface area contributed by atoms with Gasteiger partial charge in [0.1, 0.15) is 6.10 Å². The van der Waals surface area contributed by atoms with E-state index in [1.54, 1.807) is 16.7 Å². The number of aromatic nitrogens is 1. The molecule has 1 aromatic heterocycles. The number of phenols is 1. The molecule has 0 bridgehead atoms. The van der Waals surface area contributed by atoms with E-state index < -0.39 is 46.8 Å². The second-order valence-electron chi connectivity index (χ2n) is 9.58. The number of carboxylic acid groups (broad SMARTS) is 1. The minimum atomic E-state index is -1.13. The number of nitrogens with zero attached hydrogens (tertiary/aromatic N) is 1. The van der Waals surface area contributed by atoms with Crippen LogP contribution in [-0.4, -0.2) is 40.0 Å². The van der Waals surface area contributed by atoms with Crippen molar-refractivity contribution in [2.75, 3.05) is 7.05 Å². The molecular weight excluding hydrogens is 501 g/mol. The van der Waals surface area contributed by atoms with E-state index in [2.05, 4.69) is 5.32 Å². The summed E-state index contributed by atoms with van der Waals surface area (Å²) in [6.45, 7) is 1.89. The Labute approximate surface area is 215 Å². The van der Waals surface area contributed by atoms with Crippen molar-refractivity contribution < 1.29 is 37.7 Å². The lowest BCUT2D eigenvalue weighted by Crippen LogP contribution is -2.47. The Morgan fingerprint density at radius 3 is 2.26 bits per heavy atom. The van der Waals surface area contributed by atoms with Gasteiger partial charge < -0.3 is 24.8 Å². The zero-order valence-corrected chi connectivity index (χ0v) is 20.4. The van der Waals surface area contributed by atoms with Gasteiger partial charge in [-0.3, -0.25) is 0 Å². The maximum absolute atomic E-state index is 14.7. The van der Waals surface area contributed by atoms with Crippen LogP contribution in [0.1, 0.15) is 35.8 Å².